The minimum Gasteiger partial charge on any atom is -0.506 e. The van der Waals surface area contributed by atoms with Gasteiger partial charge in [0.2, 0.25) is 0 Å². The van der Waals surface area contributed by atoms with Gasteiger partial charge in [0, 0.05) is 13.1 Å². The summed E-state index contributed by atoms with van der Waals surface area (Å²) in [6.07, 6.45) is 0.328. The summed E-state index contributed by atoms with van der Waals surface area (Å²) in [4.78, 5) is 25.0. The van der Waals surface area contributed by atoms with E-state index in [0.717, 1.165) is 4.90 Å². The molecule has 0 saturated carbocycles. The van der Waals surface area contributed by atoms with Crippen molar-refractivity contribution >= 4 is 27.3 Å². The van der Waals surface area contributed by atoms with Crippen LogP contribution in [0.4, 0.5) is 5.69 Å². The lowest BCUT2D eigenvalue weighted by atomic mass is 10.2. The van der Waals surface area contributed by atoms with Gasteiger partial charge < -0.3 is 15.3 Å². The molecule has 0 radical (unpaired) electrons. The number of anilines is 1. The van der Waals surface area contributed by atoms with E-state index >= 15 is 0 Å². The second kappa shape index (κ2) is 5.72. The maximum absolute atomic E-state index is 12.0. The normalized spacial score (nSPS) is 20.0. The lowest BCUT2D eigenvalue weighted by Crippen LogP contribution is -2.43. The fourth-order valence-electron chi connectivity index (χ4n) is 2.16. The average Bonchev–Trinajstić information content (AvgIpc) is 2.80. The van der Waals surface area contributed by atoms with Crippen molar-refractivity contribution < 1.29 is 23.1 Å². The highest BCUT2D eigenvalue weighted by atomic mass is 32.2. The van der Waals surface area contributed by atoms with Crippen LogP contribution in [0.2, 0.25) is 0 Å². The number of phenolic OH excluding ortho intramolecular Hbond substituents is 1. The molecule has 1 aliphatic heterocycles. The standard InChI is InChI=1S/C13H16N2O5S/c1-15(9-6-7-21(19,20)8-9)13(18)12(17)14-10-4-2-3-5-11(10)16/h2-5,9,16H,6-8H2,1H3,(H,14,17). The number of nitrogens with one attached hydrogen (secondary N) is 1. The number of amides is 2. The van der Waals surface area contributed by atoms with Gasteiger partial charge in [-0.25, -0.2) is 8.42 Å². The van der Waals surface area contributed by atoms with E-state index < -0.39 is 27.7 Å². The third kappa shape index (κ3) is 3.52. The maximum Gasteiger partial charge on any atom is 0.314 e. The second-order valence-electron chi connectivity index (χ2n) is 4.94. The van der Waals surface area contributed by atoms with Gasteiger partial charge in [-0.15, -0.1) is 0 Å². The molecule has 8 heteroatoms. The summed E-state index contributed by atoms with van der Waals surface area (Å²) < 4.78 is 22.8. The molecule has 114 valence electrons. The Kier molecular flexibility index (Phi) is 4.17. The first-order chi connectivity index (χ1) is 9.80. The summed E-state index contributed by atoms with van der Waals surface area (Å²) in [7, 11) is -1.73. The zero-order valence-electron chi connectivity index (χ0n) is 11.4. The number of aromatic hydroxyl groups is 1. The topological polar surface area (TPSA) is 104 Å². The number of hydrogen-bond donors (Lipinski definition) is 2. The maximum atomic E-state index is 12.0. The van der Waals surface area contributed by atoms with Crippen molar-refractivity contribution in [2.75, 3.05) is 23.9 Å². The van der Waals surface area contributed by atoms with E-state index in [-0.39, 0.29) is 22.9 Å². The molecule has 0 aliphatic carbocycles. The molecule has 2 amide bonds. The largest absolute Gasteiger partial charge is 0.506 e. The van der Waals surface area contributed by atoms with Crippen molar-refractivity contribution in [1.29, 1.82) is 0 Å². The van der Waals surface area contributed by atoms with Crippen LogP contribution < -0.4 is 5.32 Å². The number of para-hydroxylation sites is 2. The minimum atomic E-state index is -3.13. The molecule has 1 aromatic rings. The van der Waals surface area contributed by atoms with Gasteiger partial charge in [-0.2, -0.15) is 0 Å². The van der Waals surface area contributed by atoms with Crippen LogP contribution in [0.3, 0.4) is 0 Å². The van der Waals surface area contributed by atoms with E-state index in [0.29, 0.717) is 6.42 Å². The van der Waals surface area contributed by atoms with Crippen LogP contribution in [-0.2, 0) is 19.4 Å². The molecule has 0 bridgehead atoms. The number of hydrogen-bond acceptors (Lipinski definition) is 5. The van der Waals surface area contributed by atoms with Gasteiger partial charge in [0.15, 0.2) is 9.84 Å². The number of benzene rings is 1. The third-order valence-electron chi connectivity index (χ3n) is 3.42. The second-order valence-corrected chi connectivity index (χ2v) is 7.17. The van der Waals surface area contributed by atoms with Crippen LogP contribution >= 0.6 is 0 Å². The lowest BCUT2D eigenvalue weighted by molar-refractivity contribution is -0.143. The van der Waals surface area contributed by atoms with Crippen LogP contribution in [0.1, 0.15) is 6.42 Å². The van der Waals surface area contributed by atoms with Gasteiger partial charge in [0.05, 0.1) is 17.2 Å². The van der Waals surface area contributed by atoms with Gasteiger partial charge in [-0.1, -0.05) is 12.1 Å². The van der Waals surface area contributed by atoms with Crippen LogP contribution in [0.5, 0.6) is 5.75 Å². The number of rotatable bonds is 2. The van der Waals surface area contributed by atoms with Gasteiger partial charge in [0.1, 0.15) is 5.75 Å². The van der Waals surface area contributed by atoms with Crippen molar-refractivity contribution in [3.8, 4) is 5.75 Å². The first kappa shape index (κ1) is 15.3. The zero-order chi connectivity index (χ0) is 15.6. The average molecular weight is 312 g/mol. The van der Waals surface area contributed by atoms with E-state index in [1.807, 2.05) is 0 Å². The van der Waals surface area contributed by atoms with E-state index in [1.165, 1.54) is 19.2 Å². The summed E-state index contributed by atoms with van der Waals surface area (Å²) in [6, 6.07) is 5.54. The number of carbonyl (C=O) groups is 2. The van der Waals surface area contributed by atoms with Crippen LogP contribution in [0, 0.1) is 0 Å². The summed E-state index contributed by atoms with van der Waals surface area (Å²) in [5, 5.41) is 11.8. The Morgan fingerprint density at radius 3 is 2.57 bits per heavy atom. The molecular weight excluding hydrogens is 296 g/mol. The Hall–Kier alpha value is -2.09. The quantitative estimate of drug-likeness (QED) is 0.590. The highest BCUT2D eigenvalue weighted by molar-refractivity contribution is 7.91. The first-order valence-electron chi connectivity index (χ1n) is 6.37. The molecule has 0 aromatic heterocycles. The SMILES string of the molecule is CN(C(=O)C(=O)Nc1ccccc1O)C1CCS(=O)(=O)C1. The number of nitrogens with zero attached hydrogens (tertiary/aromatic N) is 1. The van der Waals surface area contributed by atoms with Crippen LogP contribution in [-0.4, -0.2) is 54.8 Å². The molecule has 1 heterocycles. The smallest absolute Gasteiger partial charge is 0.314 e. The van der Waals surface area contributed by atoms with Gasteiger partial charge in [-0.05, 0) is 18.6 Å². The molecule has 1 unspecified atom stereocenters. The number of phenols is 1. The highest BCUT2D eigenvalue weighted by Crippen LogP contribution is 2.22. The minimum absolute atomic E-state index is 0.0242. The van der Waals surface area contributed by atoms with Gasteiger partial charge in [-0.3, -0.25) is 9.59 Å². The van der Waals surface area contributed by atoms with E-state index in [9.17, 15) is 23.1 Å². The zero-order valence-corrected chi connectivity index (χ0v) is 12.3. The molecule has 1 atom stereocenters. The van der Waals surface area contributed by atoms with E-state index in [1.54, 1.807) is 12.1 Å². The van der Waals surface area contributed by atoms with Crippen LogP contribution in [0.25, 0.3) is 0 Å². The van der Waals surface area contributed by atoms with Crippen molar-refractivity contribution in [2.45, 2.75) is 12.5 Å². The Bertz CT molecular complexity index is 671. The van der Waals surface area contributed by atoms with Gasteiger partial charge in [0.25, 0.3) is 0 Å². The molecule has 1 aliphatic rings. The molecular formula is C13H16N2O5S. The summed E-state index contributed by atoms with van der Waals surface area (Å²) >= 11 is 0. The Morgan fingerprint density at radius 2 is 2.00 bits per heavy atom. The molecule has 2 rings (SSSR count). The van der Waals surface area contributed by atoms with Crippen LogP contribution in [0.15, 0.2) is 24.3 Å². The Balaban J connectivity index is 2.03. The predicted molar refractivity (Wildman–Crippen MR) is 76.6 cm³/mol. The summed E-state index contributed by atoms with van der Waals surface area (Å²) in [6.45, 7) is 0. The highest BCUT2D eigenvalue weighted by Gasteiger charge is 2.34. The molecule has 21 heavy (non-hydrogen) atoms. The van der Waals surface area contributed by atoms with E-state index in [2.05, 4.69) is 5.32 Å². The monoisotopic (exact) mass is 312 g/mol. The molecule has 1 saturated heterocycles. The number of likely N-dealkylation sites (N-methyl/N-ethyl adjacent to an activating group) is 1. The van der Waals surface area contributed by atoms with Crippen molar-refractivity contribution in [3.63, 3.8) is 0 Å². The Labute approximate surface area is 122 Å². The number of carbonyl (C=O) groups excluding carboxylic acids is 2. The van der Waals surface area contributed by atoms with Gasteiger partial charge >= 0.3 is 11.8 Å². The van der Waals surface area contributed by atoms with E-state index in [4.69, 9.17) is 0 Å². The third-order valence-corrected chi connectivity index (χ3v) is 5.17. The van der Waals surface area contributed by atoms with Crippen molar-refractivity contribution in [3.05, 3.63) is 24.3 Å². The predicted octanol–water partition coefficient (Wildman–Crippen LogP) is -0.0238. The molecule has 2 N–H and O–H groups in total. The Morgan fingerprint density at radius 1 is 1.33 bits per heavy atom. The number of sulfone groups is 1. The molecule has 0 spiro atoms. The fraction of sp³-hybridized carbons (Fsp3) is 0.385. The summed E-state index contributed by atoms with van der Waals surface area (Å²) in [5.74, 6) is -2.00. The first-order valence-corrected chi connectivity index (χ1v) is 8.19. The molecule has 1 fully saturated rings. The van der Waals surface area contributed by atoms with Crippen molar-refractivity contribution in [2.24, 2.45) is 0 Å². The summed E-state index contributed by atoms with van der Waals surface area (Å²) in [5.41, 5.74) is 0.128. The molecule has 7 nitrogen and oxygen atoms in total. The van der Waals surface area contributed by atoms with Crippen molar-refractivity contribution in [1.82, 2.24) is 4.90 Å². The molecule has 1 aromatic carbocycles. The lowest BCUT2D eigenvalue weighted by Gasteiger charge is -2.22. The fourth-order valence-corrected chi connectivity index (χ4v) is 3.94.